The quantitative estimate of drug-likeness (QED) is 0.634. The van der Waals surface area contributed by atoms with E-state index < -0.39 is 18.2 Å². The van der Waals surface area contributed by atoms with Crippen LogP contribution in [0.2, 0.25) is 0 Å². The van der Waals surface area contributed by atoms with Crippen molar-refractivity contribution >= 4 is 0 Å². The third kappa shape index (κ3) is 1.67. The van der Waals surface area contributed by atoms with Crippen LogP contribution in [0.15, 0.2) is 0 Å². The Morgan fingerprint density at radius 2 is 1.82 bits per heavy atom. The van der Waals surface area contributed by atoms with Gasteiger partial charge in [0.15, 0.2) is 6.10 Å². The van der Waals surface area contributed by atoms with Crippen molar-refractivity contribution in [2.45, 2.75) is 32.5 Å². The molecular weight excluding hydrogens is 157 g/mol. The Kier molecular flexibility index (Phi) is 1.71. The lowest BCUT2D eigenvalue weighted by Crippen LogP contribution is -2.31. The highest BCUT2D eigenvalue weighted by Crippen LogP contribution is 2.56. The van der Waals surface area contributed by atoms with Gasteiger partial charge < -0.3 is 5.11 Å². The number of halogens is 3. The zero-order valence-electron chi connectivity index (χ0n) is 6.44. The fourth-order valence-corrected chi connectivity index (χ4v) is 1.27. The van der Waals surface area contributed by atoms with Gasteiger partial charge in [-0.3, -0.25) is 0 Å². The van der Waals surface area contributed by atoms with E-state index >= 15 is 0 Å². The molecule has 4 heteroatoms. The van der Waals surface area contributed by atoms with Gasteiger partial charge in [-0.1, -0.05) is 13.8 Å². The molecule has 0 spiro atoms. The van der Waals surface area contributed by atoms with Crippen molar-refractivity contribution < 1.29 is 18.3 Å². The molecular formula is C7H11F3O. The van der Waals surface area contributed by atoms with Gasteiger partial charge in [-0.05, 0) is 17.8 Å². The van der Waals surface area contributed by atoms with Crippen molar-refractivity contribution in [3.63, 3.8) is 0 Å². The van der Waals surface area contributed by atoms with Crippen molar-refractivity contribution in [3.05, 3.63) is 0 Å². The summed E-state index contributed by atoms with van der Waals surface area (Å²) >= 11 is 0. The summed E-state index contributed by atoms with van der Waals surface area (Å²) in [6.07, 6.45) is -6.11. The zero-order chi connectivity index (χ0) is 8.86. The minimum Gasteiger partial charge on any atom is -0.383 e. The first-order valence-electron chi connectivity index (χ1n) is 3.50. The van der Waals surface area contributed by atoms with Gasteiger partial charge in [0, 0.05) is 0 Å². The lowest BCUT2D eigenvalue weighted by molar-refractivity contribution is -0.212. The molecule has 1 fully saturated rings. The molecule has 0 aromatic heterocycles. The van der Waals surface area contributed by atoms with Gasteiger partial charge >= 0.3 is 6.18 Å². The summed E-state index contributed by atoms with van der Waals surface area (Å²) in [5.41, 5.74) is -0.324. The molecule has 0 aliphatic heterocycles. The van der Waals surface area contributed by atoms with E-state index in [2.05, 4.69) is 0 Å². The van der Waals surface area contributed by atoms with Crippen LogP contribution in [-0.4, -0.2) is 17.4 Å². The molecule has 0 bridgehead atoms. The number of aliphatic hydroxyl groups excluding tert-OH is 1. The topological polar surface area (TPSA) is 20.2 Å². The third-order valence-electron chi connectivity index (χ3n) is 2.31. The lowest BCUT2D eigenvalue weighted by atomic mass is 10.1. The van der Waals surface area contributed by atoms with Gasteiger partial charge in [-0.2, -0.15) is 13.2 Å². The summed E-state index contributed by atoms with van der Waals surface area (Å²) in [7, 11) is 0. The Labute approximate surface area is 63.2 Å². The number of rotatable bonds is 1. The van der Waals surface area contributed by atoms with Crippen LogP contribution >= 0.6 is 0 Å². The zero-order valence-corrected chi connectivity index (χ0v) is 6.44. The molecule has 1 rings (SSSR count). The van der Waals surface area contributed by atoms with E-state index in [-0.39, 0.29) is 5.41 Å². The van der Waals surface area contributed by atoms with Crippen LogP contribution in [0.4, 0.5) is 13.2 Å². The number of hydrogen-bond donors (Lipinski definition) is 1. The van der Waals surface area contributed by atoms with E-state index in [0.29, 0.717) is 6.42 Å². The predicted molar refractivity (Wildman–Crippen MR) is 33.9 cm³/mol. The maximum Gasteiger partial charge on any atom is 0.414 e. The molecule has 2 atom stereocenters. The van der Waals surface area contributed by atoms with E-state index in [9.17, 15) is 13.2 Å². The molecule has 1 nitrogen and oxygen atoms in total. The molecule has 1 aliphatic rings. The largest absolute Gasteiger partial charge is 0.414 e. The monoisotopic (exact) mass is 168 g/mol. The molecule has 0 amide bonds. The Morgan fingerprint density at radius 3 is 1.91 bits per heavy atom. The van der Waals surface area contributed by atoms with Crippen LogP contribution in [0.25, 0.3) is 0 Å². The van der Waals surface area contributed by atoms with Crippen LogP contribution in [0.5, 0.6) is 0 Å². The molecule has 0 heterocycles. The number of alkyl halides is 3. The Bertz CT molecular complexity index is 162. The molecule has 0 radical (unpaired) electrons. The minimum atomic E-state index is -4.45. The fraction of sp³-hybridized carbons (Fsp3) is 1.00. The highest BCUT2D eigenvalue weighted by molar-refractivity contribution is 5.01. The summed E-state index contributed by atoms with van der Waals surface area (Å²) < 4.78 is 35.5. The molecule has 66 valence electrons. The summed E-state index contributed by atoms with van der Waals surface area (Å²) in [6.45, 7) is 3.46. The van der Waals surface area contributed by atoms with Crippen molar-refractivity contribution in [1.82, 2.24) is 0 Å². The molecule has 2 unspecified atom stereocenters. The van der Waals surface area contributed by atoms with Gasteiger partial charge in [0.25, 0.3) is 0 Å². The Balaban J connectivity index is 2.52. The average Bonchev–Trinajstić information content (AvgIpc) is 2.36. The van der Waals surface area contributed by atoms with Crippen molar-refractivity contribution in [3.8, 4) is 0 Å². The van der Waals surface area contributed by atoms with Crippen LogP contribution in [-0.2, 0) is 0 Å². The van der Waals surface area contributed by atoms with Crippen LogP contribution in [0.3, 0.4) is 0 Å². The third-order valence-corrected chi connectivity index (χ3v) is 2.31. The van der Waals surface area contributed by atoms with Gasteiger partial charge in [-0.15, -0.1) is 0 Å². The highest BCUT2D eigenvalue weighted by Gasteiger charge is 2.58. The molecule has 1 aliphatic carbocycles. The van der Waals surface area contributed by atoms with Crippen molar-refractivity contribution in [2.24, 2.45) is 11.3 Å². The van der Waals surface area contributed by atoms with E-state index in [4.69, 9.17) is 5.11 Å². The van der Waals surface area contributed by atoms with E-state index in [1.807, 2.05) is 0 Å². The van der Waals surface area contributed by atoms with Crippen molar-refractivity contribution in [2.75, 3.05) is 0 Å². The first-order chi connectivity index (χ1) is 4.75. The van der Waals surface area contributed by atoms with Gasteiger partial charge in [0.05, 0.1) is 0 Å². The van der Waals surface area contributed by atoms with Crippen LogP contribution in [0, 0.1) is 11.3 Å². The van der Waals surface area contributed by atoms with E-state index in [0.717, 1.165) is 0 Å². The Morgan fingerprint density at radius 1 is 1.45 bits per heavy atom. The van der Waals surface area contributed by atoms with Gasteiger partial charge in [0.2, 0.25) is 0 Å². The lowest BCUT2D eigenvalue weighted by Gasteiger charge is -2.15. The minimum absolute atomic E-state index is 0.324. The SMILES string of the molecule is CC1(C)CC1C(O)C(F)(F)F. The maximum absolute atomic E-state index is 11.8. The fourth-order valence-electron chi connectivity index (χ4n) is 1.27. The second kappa shape index (κ2) is 2.12. The molecule has 1 saturated carbocycles. The van der Waals surface area contributed by atoms with Crippen molar-refractivity contribution in [1.29, 1.82) is 0 Å². The molecule has 0 saturated heterocycles. The molecule has 1 N–H and O–H groups in total. The normalized spacial score (nSPS) is 31.6. The smallest absolute Gasteiger partial charge is 0.383 e. The highest BCUT2D eigenvalue weighted by atomic mass is 19.4. The maximum atomic E-state index is 11.8. The second-order valence-electron chi connectivity index (χ2n) is 3.79. The van der Waals surface area contributed by atoms with Crippen LogP contribution in [0.1, 0.15) is 20.3 Å². The number of aliphatic hydroxyl groups is 1. The van der Waals surface area contributed by atoms with E-state index in [1.54, 1.807) is 13.8 Å². The van der Waals surface area contributed by atoms with Gasteiger partial charge in [-0.25, -0.2) is 0 Å². The van der Waals surface area contributed by atoms with Gasteiger partial charge in [0.1, 0.15) is 0 Å². The Hall–Kier alpha value is -0.250. The first kappa shape index (κ1) is 8.84. The summed E-state index contributed by atoms with van der Waals surface area (Å²) in [6, 6.07) is 0. The molecule has 0 aromatic carbocycles. The molecule has 0 aromatic rings. The summed E-state index contributed by atoms with van der Waals surface area (Å²) in [5.74, 6) is -0.595. The predicted octanol–water partition coefficient (Wildman–Crippen LogP) is 1.96. The number of hydrogen-bond acceptors (Lipinski definition) is 1. The summed E-state index contributed by atoms with van der Waals surface area (Å²) in [5, 5.41) is 8.74. The standard InChI is InChI=1S/C7H11F3O/c1-6(2)3-4(6)5(11)7(8,9)10/h4-5,11H,3H2,1-2H3. The summed E-state index contributed by atoms with van der Waals surface area (Å²) in [4.78, 5) is 0. The van der Waals surface area contributed by atoms with E-state index in [1.165, 1.54) is 0 Å². The average molecular weight is 168 g/mol. The molecule has 11 heavy (non-hydrogen) atoms. The second-order valence-corrected chi connectivity index (χ2v) is 3.79. The van der Waals surface area contributed by atoms with Crippen LogP contribution < -0.4 is 0 Å². The first-order valence-corrected chi connectivity index (χ1v) is 3.50.